The molecule has 1 amide bonds. The first-order chi connectivity index (χ1) is 8.99. The number of amides is 1. The average Bonchev–Trinajstić information content (AvgIpc) is 2.89. The normalized spacial score (nSPS) is 13.4. The fourth-order valence-electron chi connectivity index (χ4n) is 1.52. The molecule has 100 valence electrons. The Bertz CT molecular complexity index is 610. The van der Waals surface area contributed by atoms with Gasteiger partial charge in [0.15, 0.2) is 0 Å². The van der Waals surface area contributed by atoms with Crippen molar-refractivity contribution < 1.29 is 9.59 Å². The summed E-state index contributed by atoms with van der Waals surface area (Å²) in [6, 6.07) is 0. The predicted molar refractivity (Wildman–Crippen MR) is 68.6 cm³/mol. The maximum atomic E-state index is 11.1. The van der Waals surface area contributed by atoms with Crippen molar-refractivity contribution >= 4 is 23.5 Å². The quantitative estimate of drug-likeness (QED) is 0.596. The van der Waals surface area contributed by atoms with E-state index in [-0.39, 0.29) is 18.2 Å². The summed E-state index contributed by atoms with van der Waals surface area (Å²) < 4.78 is 1.22. The van der Waals surface area contributed by atoms with E-state index in [1.54, 1.807) is 19.3 Å². The lowest BCUT2D eigenvalue weighted by Gasteiger charge is -2.13. The minimum Gasteiger partial charge on any atom is -0.384 e. The molecule has 0 saturated carbocycles. The van der Waals surface area contributed by atoms with Crippen LogP contribution in [0.2, 0.25) is 0 Å². The van der Waals surface area contributed by atoms with Crippen LogP contribution in [0, 0.1) is 13.8 Å². The van der Waals surface area contributed by atoms with Crippen LogP contribution >= 0.6 is 0 Å². The van der Waals surface area contributed by atoms with Gasteiger partial charge in [-0.15, -0.1) is 0 Å². The third-order valence-corrected chi connectivity index (χ3v) is 2.63. The lowest BCUT2D eigenvalue weighted by Crippen LogP contribution is -2.29. The molecule has 0 aromatic carbocycles. The van der Waals surface area contributed by atoms with Crippen LogP contribution in [0.1, 0.15) is 22.3 Å². The Morgan fingerprint density at radius 3 is 2.53 bits per heavy atom. The molecule has 2 aromatic rings. The van der Waals surface area contributed by atoms with E-state index < -0.39 is 0 Å². The molecule has 3 rings (SSSR count). The number of aromatic nitrogens is 4. The van der Waals surface area contributed by atoms with Crippen LogP contribution in [0.25, 0.3) is 0 Å². The molecule has 3 heterocycles. The summed E-state index contributed by atoms with van der Waals surface area (Å²) in [6.07, 6.45) is 3.13. The van der Waals surface area contributed by atoms with E-state index in [4.69, 9.17) is 5.73 Å². The standard InChI is InChI=1S/C7H7N3O2.C4H7N3/c1-4-3-8-10-6(12)2-5(11)9-7(4)10;1-3-2-6-7-4(3)5/h3H,2H2,1H3,(H,9,11);2H,1H3,(H3,5,6,7). The van der Waals surface area contributed by atoms with Gasteiger partial charge in [-0.05, 0) is 13.8 Å². The highest BCUT2D eigenvalue weighted by Gasteiger charge is 2.23. The second-order valence-electron chi connectivity index (χ2n) is 4.17. The summed E-state index contributed by atoms with van der Waals surface area (Å²) in [7, 11) is 0. The van der Waals surface area contributed by atoms with Gasteiger partial charge in [0.2, 0.25) is 5.91 Å². The Labute approximate surface area is 109 Å². The molecule has 8 nitrogen and oxygen atoms in total. The Balaban J connectivity index is 0.000000163. The van der Waals surface area contributed by atoms with Crippen LogP contribution in [-0.4, -0.2) is 31.8 Å². The van der Waals surface area contributed by atoms with Gasteiger partial charge in [-0.1, -0.05) is 0 Å². The Morgan fingerprint density at radius 1 is 1.26 bits per heavy atom. The number of anilines is 2. The molecule has 0 spiro atoms. The molecule has 1 aliphatic heterocycles. The van der Waals surface area contributed by atoms with Crippen molar-refractivity contribution in [3.63, 3.8) is 0 Å². The molecule has 4 N–H and O–H groups in total. The molecule has 0 radical (unpaired) electrons. The van der Waals surface area contributed by atoms with Gasteiger partial charge >= 0.3 is 0 Å². The lowest BCUT2D eigenvalue weighted by molar-refractivity contribution is -0.115. The lowest BCUT2D eigenvalue weighted by atomic mass is 10.3. The zero-order valence-electron chi connectivity index (χ0n) is 10.6. The Kier molecular flexibility index (Phi) is 3.32. The molecule has 8 heteroatoms. The average molecular weight is 262 g/mol. The third-order valence-electron chi connectivity index (χ3n) is 2.63. The fourth-order valence-corrected chi connectivity index (χ4v) is 1.52. The number of aryl methyl sites for hydroxylation is 2. The summed E-state index contributed by atoms with van der Waals surface area (Å²) >= 11 is 0. The number of fused-ring (bicyclic) bond motifs is 1. The summed E-state index contributed by atoms with van der Waals surface area (Å²) in [6.45, 7) is 3.69. The number of nitrogens with one attached hydrogen (secondary N) is 2. The summed E-state index contributed by atoms with van der Waals surface area (Å²) in [5.41, 5.74) is 7.12. The van der Waals surface area contributed by atoms with Crippen LogP contribution in [0.4, 0.5) is 11.6 Å². The smallest absolute Gasteiger partial charge is 0.258 e. The number of hydrogen-bond donors (Lipinski definition) is 3. The molecule has 0 aliphatic carbocycles. The second-order valence-corrected chi connectivity index (χ2v) is 4.17. The Morgan fingerprint density at radius 2 is 2.00 bits per heavy atom. The largest absolute Gasteiger partial charge is 0.384 e. The molecule has 0 bridgehead atoms. The van der Waals surface area contributed by atoms with E-state index in [0.29, 0.717) is 11.6 Å². The molecule has 0 fully saturated rings. The SMILES string of the molecule is Cc1cn[nH]c1N.Cc1cnn2c1NC(=O)CC2=O. The van der Waals surface area contributed by atoms with Crippen LogP contribution in [-0.2, 0) is 4.79 Å². The van der Waals surface area contributed by atoms with Crippen LogP contribution < -0.4 is 11.1 Å². The first kappa shape index (κ1) is 12.8. The third kappa shape index (κ3) is 2.62. The molecule has 0 unspecified atom stereocenters. The summed E-state index contributed by atoms with van der Waals surface area (Å²) in [5, 5.41) is 12.7. The van der Waals surface area contributed by atoms with Crippen molar-refractivity contribution in [2.24, 2.45) is 0 Å². The second kappa shape index (κ2) is 4.92. The van der Waals surface area contributed by atoms with Gasteiger partial charge in [0.1, 0.15) is 18.1 Å². The Hall–Kier alpha value is -2.64. The van der Waals surface area contributed by atoms with E-state index >= 15 is 0 Å². The number of rotatable bonds is 0. The van der Waals surface area contributed by atoms with Gasteiger partial charge in [0.05, 0.1) is 12.4 Å². The number of nitrogen functional groups attached to an aromatic ring is 1. The fraction of sp³-hybridized carbons (Fsp3) is 0.273. The predicted octanol–water partition coefficient (Wildman–Crippen LogP) is 0.474. The number of nitrogens with two attached hydrogens (primary N) is 1. The van der Waals surface area contributed by atoms with Gasteiger partial charge in [0, 0.05) is 11.1 Å². The van der Waals surface area contributed by atoms with E-state index in [0.717, 1.165) is 11.1 Å². The minimum atomic E-state index is -0.276. The number of H-pyrrole nitrogens is 1. The van der Waals surface area contributed by atoms with Crippen LogP contribution in [0.5, 0.6) is 0 Å². The minimum absolute atomic E-state index is 0.117. The molecule has 19 heavy (non-hydrogen) atoms. The van der Waals surface area contributed by atoms with E-state index in [1.165, 1.54) is 4.68 Å². The summed E-state index contributed by atoms with van der Waals surface area (Å²) in [5.74, 6) is 0.606. The molecule has 1 aliphatic rings. The van der Waals surface area contributed by atoms with E-state index in [2.05, 4.69) is 20.6 Å². The first-order valence-electron chi connectivity index (χ1n) is 5.62. The van der Waals surface area contributed by atoms with Gasteiger partial charge in [-0.25, -0.2) is 0 Å². The van der Waals surface area contributed by atoms with Crippen molar-refractivity contribution in [3.8, 4) is 0 Å². The van der Waals surface area contributed by atoms with Gasteiger partial charge in [-0.3, -0.25) is 14.7 Å². The first-order valence-corrected chi connectivity index (χ1v) is 5.62. The monoisotopic (exact) mass is 262 g/mol. The summed E-state index contributed by atoms with van der Waals surface area (Å²) in [4.78, 5) is 22.1. The van der Waals surface area contributed by atoms with Crippen molar-refractivity contribution in [2.75, 3.05) is 11.1 Å². The highest BCUT2D eigenvalue weighted by atomic mass is 16.2. The molecule has 0 saturated heterocycles. The van der Waals surface area contributed by atoms with Crippen molar-refractivity contribution in [3.05, 3.63) is 23.5 Å². The maximum Gasteiger partial charge on any atom is 0.258 e. The van der Waals surface area contributed by atoms with E-state index in [1.807, 2.05) is 6.92 Å². The number of carbonyl (C=O) groups excluding carboxylic acids is 2. The highest BCUT2D eigenvalue weighted by Crippen LogP contribution is 2.17. The molecule has 0 atom stereocenters. The molecular formula is C11H14N6O2. The topological polar surface area (TPSA) is 119 Å². The van der Waals surface area contributed by atoms with Gasteiger partial charge in [0.25, 0.3) is 5.91 Å². The van der Waals surface area contributed by atoms with Crippen LogP contribution in [0.15, 0.2) is 12.4 Å². The maximum absolute atomic E-state index is 11.1. The van der Waals surface area contributed by atoms with E-state index in [9.17, 15) is 9.59 Å². The number of carbonyl (C=O) groups is 2. The van der Waals surface area contributed by atoms with Crippen molar-refractivity contribution in [1.82, 2.24) is 20.0 Å². The van der Waals surface area contributed by atoms with Gasteiger partial charge < -0.3 is 11.1 Å². The van der Waals surface area contributed by atoms with Crippen LogP contribution in [0.3, 0.4) is 0 Å². The zero-order chi connectivity index (χ0) is 14.0. The number of nitrogens with zero attached hydrogens (tertiary/aromatic N) is 3. The van der Waals surface area contributed by atoms with Crippen molar-refractivity contribution in [1.29, 1.82) is 0 Å². The highest BCUT2D eigenvalue weighted by molar-refractivity contribution is 6.08. The number of aromatic amines is 1. The number of hydrogen-bond acceptors (Lipinski definition) is 5. The molecular weight excluding hydrogens is 248 g/mol. The zero-order valence-corrected chi connectivity index (χ0v) is 10.6. The van der Waals surface area contributed by atoms with Crippen molar-refractivity contribution in [2.45, 2.75) is 20.3 Å². The van der Waals surface area contributed by atoms with Gasteiger partial charge in [-0.2, -0.15) is 14.9 Å². The molecule has 2 aromatic heterocycles.